The molecule has 7 nitrogen and oxygen atoms in total. The largest absolute Gasteiger partial charge is 0.406 e. The number of carbonyl (C=O) groups is 2. The number of alkyl halides is 3. The SMILES string of the molecule is Cc1noc2nc(C3CC3)cc(C(=O)N(CC(=O)N(C)C)CC(F)(F)F)c12. The molecule has 2 heterocycles. The number of fused-ring (bicyclic) bond motifs is 1. The molecule has 0 N–H and O–H groups in total. The number of aryl methyl sites for hydroxylation is 1. The summed E-state index contributed by atoms with van der Waals surface area (Å²) in [5.74, 6) is -1.35. The average Bonchev–Trinajstić information content (AvgIpc) is 3.35. The van der Waals surface area contributed by atoms with E-state index in [1.54, 1.807) is 6.92 Å². The molecule has 1 saturated carbocycles. The van der Waals surface area contributed by atoms with E-state index >= 15 is 0 Å². The van der Waals surface area contributed by atoms with Crippen molar-refractivity contribution in [2.75, 3.05) is 27.2 Å². The van der Waals surface area contributed by atoms with E-state index in [1.807, 2.05) is 0 Å². The Morgan fingerprint density at radius 3 is 2.52 bits per heavy atom. The average molecular weight is 384 g/mol. The van der Waals surface area contributed by atoms with Gasteiger partial charge in [0, 0.05) is 25.7 Å². The highest BCUT2D eigenvalue weighted by Crippen LogP contribution is 2.40. The summed E-state index contributed by atoms with van der Waals surface area (Å²) in [5.41, 5.74) is 1.09. The smallest absolute Gasteiger partial charge is 0.347 e. The van der Waals surface area contributed by atoms with Crippen molar-refractivity contribution < 1.29 is 27.3 Å². The minimum atomic E-state index is -4.64. The summed E-state index contributed by atoms with van der Waals surface area (Å²) < 4.78 is 44.2. The number of hydrogen-bond acceptors (Lipinski definition) is 5. The monoisotopic (exact) mass is 384 g/mol. The molecule has 146 valence electrons. The number of nitrogens with zero attached hydrogens (tertiary/aromatic N) is 4. The second kappa shape index (κ2) is 6.82. The van der Waals surface area contributed by atoms with Crippen LogP contribution in [-0.4, -0.2) is 65.1 Å². The van der Waals surface area contributed by atoms with Crippen molar-refractivity contribution in [2.24, 2.45) is 0 Å². The lowest BCUT2D eigenvalue weighted by atomic mass is 10.1. The molecular formula is C17H19F3N4O3. The first-order valence-corrected chi connectivity index (χ1v) is 8.40. The van der Waals surface area contributed by atoms with Crippen LogP contribution in [0.5, 0.6) is 0 Å². The second-order valence-corrected chi connectivity index (χ2v) is 6.88. The molecule has 1 fully saturated rings. The first-order valence-electron chi connectivity index (χ1n) is 8.40. The van der Waals surface area contributed by atoms with E-state index in [9.17, 15) is 22.8 Å². The van der Waals surface area contributed by atoms with Crippen molar-refractivity contribution in [3.05, 3.63) is 23.0 Å². The lowest BCUT2D eigenvalue weighted by molar-refractivity contribution is -0.146. The lowest BCUT2D eigenvalue weighted by Crippen LogP contribution is -2.45. The number of halogens is 3. The van der Waals surface area contributed by atoms with Crippen molar-refractivity contribution in [2.45, 2.75) is 31.9 Å². The predicted octanol–water partition coefficient (Wildman–Crippen LogP) is 2.50. The molecular weight excluding hydrogens is 365 g/mol. The number of carbonyl (C=O) groups excluding carboxylic acids is 2. The van der Waals surface area contributed by atoms with Gasteiger partial charge in [-0.05, 0) is 25.8 Å². The summed E-state index contributed by atoms with van der Waals surface area (Å²) in [5, 5.41) is 4.05. The zero-order valence-corrected chi connectivity index (χ0v) is 15.1. The minimum Gasteiger partial charge on any atom is -0.347 e. The minimum absolute atomic E-state index is 0.0245. The van der Waals surface area contributed by atoms with Gasteiger partial charge < -0.3 is 14.3 Å². The van der Waals surface area contributed by atoms with Crippen molar-refractivity contribution in [3.63, 3.8) is 0 Å². The van der Waals surface area contributed by atoms with Gasteiger partial charge in [0.15, 0.2) is 0 Å². The highest BCUT2D eigenvalue weighted by molar-refractivity contribution is 6.07. The van der Waals surface area contributed by atoms with Crippen LogP contribution in [0.1, 0.15) is 40.5 Å². The molecule has 0 spiro atoms. The third-order valence-corrected chi connectivity index (χ3v) is 4.35. The fraction of sp³-hybridized carbons (Fsp3) is 0.529. The Bertz CT molecular complexity index is 887. The number of amides is 2. The first-order chi connectivity index (χ1) is 12.6. The Morgan fingerprint density at radius 2 is 1.96 bits per heavy atom. The molecule has 0 saturated heterocycles. The summed E-state index contributed by atoms with van der Waals surface area (Å²) in [6.07, 6.45) is -2.85. The molecule has 2 aromatic rings. The quantitative estimate of drug-likeness (QED) is 0.791. The molecule has 2 amide bonds. The van der Waals surface area contributed by atoms with Gasteiger partial charge in [-0.2, -0.15) is 13.2 Å². The maximum atomic E-state index is 13.0. The number of rotatable bonds is 5. The van der Waals surface area contributed by atoms with Crippen LogP contribution in [0, 0.1) is 6.92 Å². The van der Waals surface area contributed by atoms with Crippen LogP contribution in [0.15, 0.2) is 10.6 Å². The molecule has 0 aromatic carbocycles. The van der Waals surface area contributed by atoms with Crippen LogP contribution in [-0.2, 0) is 4.79 Å². The zero-order chi connectivity index (χ0) is 19.9. The molecule has 0 radical (unpaired) electrons. The summed E-state index contributed by atoms with van der Waals surface area (Å²) in [7, 11) is 2.83. The van der Waals surface area contributed by atoms with Gasteiger partial charge in [0.2, 0.25) is 5.91 Å². The van der Waals surface area contributed by atoms with Crippen LogP contribution in [0.3, 0.4) is 0 Å². The van der Waals surface area contributed by atoms with Crippen molar-refractivity contribution in [1.29, 1.82) is 0 Å². The van der Waals surface area contributed by atoms with Gasteiger partial charge in [-0.15, -0.1) is 0 Å². The Balaban J connectivity index is 2.04. The van der Waals surface area contributed by atoms with E-state index < -0.39 is 31.1 Å². The van der Waals surface area contributed by atoms with Gasteiger partial charge in [0.1, 0.15) is 13.1 Å². The molecule has 0 bridgehead atoms. The molecule has 10 heteroatoms. The lowest BCUT2D eigenvalue weighted by Gasteiger charge is -2.25. The van der Waals surface area contributed by atoms with Gasteiger partial charge in [0.25, 0.3) is 11.6 Å². The Labute approximate surface area is 153 Å². The predicted molar refractivity (Wildman–Crippen MR) is 89.2 cm³/mol. The van der Waals surface area contributed by atoms with Crippen LogP contribution in [0.2, 0.25) is 0 Å². The highest BCUT2D eigenvalue weighted by Gasteiger charge is 2.36. The Morgan fingerprint density at radius 1 is 1.30 bits per heavy atom. The Hall–Kier alpha value is -2.65. The molecule has 0 unspecified atom stereocenters. The van der Waals surface area contributed by atoms with Crippen LogP contribution < -0.4 is 0 Å². The molecule has 0 atom stereocenters. The van der Waals surface area contributed by atoms with E-state index in [4.69, 9.17) is 4.52 Å². The molecule has 1 aliphatic carbocycles. The van der Waals surface area contributed by atoms with Crippen LogP contribution >= 0.6 is 0 Å². The number of pyridine rings is 1. The third-order valence-electron chi connectivity index (χ3n) is 4.35. The van der Waals surface area contributed by atoms with Gasteiger partial charge >= 0.3 is 6.18 Å². The fourth-order valence-corrected chi connectivity index (χ4v) is 2.76. The summed E-state index contributed by atoms with van der Waals surface area (Å²) in [4.78, 5) is 30.9. The van der Waals surface area contributed by atoms with E-state index in [1.165, 1.54) is 20.2 Å². The van der Waals surface area contributed by atoms with Crippen molar-refractivity contribution >= 4 is 22.9 Å². The van der Waals surface area contributed by atoms with E-state index in [-0.39, 0.29) is 22.6 Å². The summed E-state index contributed by atoms with van der Waals surface area (Å²) >= 11 is 0. The highest BCUT2D eigenvalue weighted by atomic mass is 19.4. The first kappa shape index (κ1) is 19.1. The molecule has 3 rings (SSSR count). The standard InChI is InChI=1S/C17H19F3N4O3/c1-9-14-11(6-12(10-4-5-10)21-15(14)27-22-9)16(26)24(8-17(18,19)20)7-13(25)23(2)3/h6,10H,4-5,7-8H2,1-3H3. The van der Waals surface area contributed by atoms with E-state index in [0.29, 0.717) is 16.3 Å². The number of aromatic nitrogens is 2. The molecule has 1 aliphatic rings. The summed E-state index contributed by atoms with van der Waals surface area (Å²) in [6.45, 7) is -0.628. The molecule has 2 aromatic heterocycles. The van der Waals surface area contributed by atoms with Crippen LogP contribution in [0.25, 0.3) is 11.1 Å². The maximum absolute atomic E-state index is 13.0. The fourth-order valence-electron chi connectivity index (χ4n) is 2.76. The van der Waals surface area contributed by atoms with Gasteiger partial charge in [-0.1, -0.05) is 5.16 Å². The Kier molecular flexibility index (Phi) is 4.83. The van der Waals surface area contributed by atoms with Gasteiger partial charge in [0.05, 0.1) is 16.6 Å². The third kappa shape index (κ3) is 4.20. The van der Waals surface area contributed by atoms with Crippen molar-refractivity contribution in [1.82, 2.24) is 19.9 Å². The maximum Gasteiger partial charge on any atom is 0.406 e. The normalized spacial score (nSPS) is 14.4. The summed E-state index contributed by atoms with van der Waals surface area (Å²) in [6, 6.07) is 1.50. The molecule has 27 heavy (non-hydrogen) atoms. The van der Waals surface area contributed by atoms with Gasteiger partial charge in [-0.25, -0.2) is 4.98 Å². The molecule has 0 aliphatic heterocycles. The topological polar surface area (TPSA) is 79.5 Å². The number of likely N-dealkylation sites (N-methyl/N-ethyl adjacent to an activating group) is 1. The zero-order valence-electron chi connectivity index (χ0n) is 15.1. The van der Waals surface area contributed by atoms with E-state index in [2.05, 4.69) is 10.1 Å². The van der Waals surface area contributed by atoms with Crippen molar-refractivity contribution in [3.8, 4) is 0 Å². The second-order valence-electron chi connectivity index (χ2n) is 6.88. The van der Waals surface area contributed by atoms with Gasteiger partial charge in [-0.3, -0.25) is 9.59 Å². The number of hydrogen-bond donors (Lipinski definition) is 0. The van der Waals surface area contributed by atoms with E-state index in [0.717, 1.165) is 17.7 Å². The van der Waals surface area contributed by atoms with Crippen LogP contribution in [0.4, 0.5) is 13.2 Å².